The van der Waals surface area contributed by atoms with E-state index in [0.29, 0.717) is 6.04 Å². The lowest BCUT2D eigenvalue weighted by Crippen LogP contribution is -2.26. The van der Waals surface area contributed by atoms with Crippen molar-refractivity contribution in [1.29, 1.82) is 0 Å². The monoisotopic (exact) mass is 270 g/mol. The minimum Gasteiger partial charge on any atom is -0.328 e. The topological polar surface area (TPSA) is 38.0 Å². The number of hydrogen-bond acceptors (Lipinski definition) is 2. The molecular formula is C12H19BrN2. The lowest BCUT2D eigenvalue weighted by Gasteiger charge is -2.21. The smallest absolute Gasteiger partial charge is 0.0335 e. The van der Waals surface area contributed by atoms with E-state index in [9.17, 15) is 0 Å². The first-order valence-electron chi connectivity index (χ1n) is 5.23. The predicted molar refractivity (Wildman–Crippen MR) is 68.9 cm³/mol. The van der Waals surface area contributed by atoms with Gasteiger partial charge in [-0.05, 0) is 50.6 Å². The third kappa shape index (κ3) is 3.59. The number of nitrogens with two attached hydrogens (primary N) is 1. The number of nitrogens with one attached hydrogen (secondary N) is 1. The average molecular weight is 271 g/mol. The maximum atomic E-state index is 5.84. The number of benzene rings is 1. The van der Waals surface area contributed by atoms with Crippen molar-refractivity contribution in [2.45, 2.75) is 32.4 Å². The van der Waals surface area contributed by atoms with E-state index in [2.05, 4.69) is 46.4 Å². The van der Waals surface area contributed by atoms with Gasteiger partial charge in [-0.15, -0.1) is 0 Å². The van der Waals surface area contributed by atoms with Crippen molar-refractivity contribution in [3.05, 3.63) is 33.8 Å². The van der Waals surface area contributed by atoms with Crippen LogP contribution in [0.1, 0.15) is 30.5 Å². The summed E-state index contributed by atoms with van der Waals surface area (Å²) >= 11 is 3.50. The van der Waals surface area contributed by atoms with Gasteiger partial charge in [-0.2, -0.15) is 0 Å². The molecule has 2 atom stereocenters. The van der Waals surface area contributed by atoms with Crippen molar-refractivity contribution >= 4 is 15.9 Å². The Morgan fingerprint density at radius 3 is 2.67 bits per heavy atom. The Bertz CT molecular complexity index is 323. The average Bonchev–Trinajstić information content (AvgIpc) is 2.18. The second kappa shape index (κ2) is 5.64. The largest absolute Gasteiger partial charge is 0.328 e. The molecule has 2 unspecified atom stereocenters. The quantitative estimate of drug-likeness (QED) is 0.883. The molecule has 0 saturated heterocycles. The summed E-state index contributed by atoms with van der Waals surface area (Å²) < 4.78 is 1.12. The normalized spacial score (nSPS) is 15.0. The van der Waals surface area contributed by atoms with Gasteiger partial charge in [0.1, 0.15) is 0 Å². The van der Waals surface area contributed by atoms with Gasteiger partial charge < -0.3 is 11.1 Å². The number of rotatable bonds is 4. The maximum Gasteiger partial charge on any atom is 0.0335 e. The van der Waals surface area contributed by atoms with Crippen LogP contribution in [0.3, 0.4) is 0 Å². The number of halogens is 1. The molecule has 0 saturated carbocycles. The Hall–Kier alpha value is -0.380. The SMILES string of the molecule is CNC(CC(C)N)c1cc(Br)ccc1C. The zero-order valence-electron chi connectivity index (χ0n) is 9.55. The summed E-state index contributed by atoms with van der Waals surface area (Å²) in [6.45, 7) is 4.17. The summed E-state index contributed by atoms with van der Waals surface area (Å²) in [5.41, 5.74) is 8.47. The molecule has 1 aromatic rings. The number of aryl methyl sites for hydroxylation is 1. The summed E-state index contributed by atoms with van der Waals surface area (Å²) in [5, 5.41) is 3.32. The van der Waals surface area contributed by atoms with Gasteiger partial charge in [0, 0.05) is 16.6 Å². The summed E-state index contributed by atoms with van der Waals surface area (Å²) in [4.78, 5) is 0. The van der Waals surface area contributed by atoms with Crippen LogP contribution in [0.25, 0.3) is 0 Å². The van der Waals surface area contributed by atoms with Crippen molar-refractivity contribution in [3.63, 3.8) is 0 Å². The van der Waals surface area contributed by atoms with E-state index < -0.39 is 0 Å². The molecule has 3 N–H and O–H groups in total. The van der Waals surface area contributed by atoms with E-state index in [1.165, 1.54) is 11.1 Å². The molecule has 2 nitrogen and oxygen atoms in total. The molecule has 0 aliphatic carbocycles. The Labute approximate surface area is 100 Å². The minimum atomic E-state index is 0.209. The van der Waals surface area contributed by atoms with E-state index in [1.807, 2.05) is 14.0 Å². The second-order valence-electron chi connectivity index (χ2n) is 4.06. The predicted octanol–water partition coefficient (Wildman–Crippen LogP) is 2.76. The number of hydrogen-bond donors (Lipinski definition) is 2. The first kappa shape index (κ1) is 12.7. The molecule has 84 valence electrons. The molecule has 1 aromatic carbocycles. The standard InChI is InChI=1S/C12H19BrN2/c1-8-4-5-10(13)7-11(8)12(15-3)6-9(2)14/h4-5,7,9,12,15H,6,14H2,1-3H3. The molecule has 3 heteroatoms. The van der Waals surface area contributed by atoms with Crippen LogP contribution in [0.4, 0.5) is 0 Å². The molecule has 0 aliphatic rings. The molecule has 0 amide bonds. The van der Waals surface area contributed by atoms with Crippen LogP contribution in [-0.4, -0.2) is 13.1 Å². The highest BCUT2D eigenvalue weighted by atomic mass is 79.9. The van der Waals surface area contributed by atoms with Gasteiger partial charge in [-0.25, -0.2) is 0 Å². The van der Waals surface area contributed by atoms with Crippen molar-refractivity contribution < 1.29 is 0 Å². The van der Waals surface area contributed by atoms with E-state index in [4.69, 9.17) is 5.73 Å². The van der Waals surface area contributed by atoms with E-state index in [-0.39, 0.29) is 6.04 Å². The van der Waals surface area contributed by atoms with Crippen LogP contribution >= 0.6 is 15.9 Å². The van der Waals surface area contributed by atoms with Crippen molar-refractivity contribution in [2.75, 3.05) is 7.05 Å². The molecule has 0 spiro atoms. The van der Waals surface area contributed by atoms with Crippen LogP contribution in [0, 0.1) is 6.92 Å². The molecular weight excluding hydrogens is 252 g/mol. The van der Waals surface area contributed by atoms with E-state index >= 15 is 0 Å². The molecule has 0 aliphatic heterocycles. The summed E-state index contributed by atoms with van der Waals surface area (Å²) in [5.74, 6) is 0. The van der Waals surface area contributed by atoms with Crippen molar-refractivity contribution in [2.24, 2.45) is 5.73 Å². The van der Waals surface area contributed by atoms with Crippen LogP contribution in [0.5, 0.6) is 0 Å². The fourth-order valence-corrected chi connectivity index (χ4v) is 2.14. The third-order valence-corrected chi connectivity index (χ3v) is 3.07. The maximum absolute atomic E-state index is 5.84. The van der Waals surface area contributed by atoms with Crippen LogP contribution in [0.15, 0.2) is 22.7 Å². The van der Waals surface area contributed by atoms with Gasteiger partial charge >= 0.3 is 0 Å². The third-order valence-electron chi connectivity index (χ3n) is 2.57. The lowest BCUT2D eigenvalue weighted by atomic mass is 9.96. The van der Waals surface area contributed by atoms with Crippen LogP contribution < -0.4 is 11.1 Å². The molecule has 0 heterocycles. The minimum absolute atomic E-state index is 0.209. The Balaban J connectivity index is 2.95. The first-order chi connectivity index (χ1) is 7.04. The van der Waals surface area contributed by atoms with Gasteiger partial charge in [0.25, 0.3) is 0 Å². The Morgan fingerprint density at radius 2 is 2.13 bits per heavy atom. The van der Waals surface area contributed by atoms with E-state index in [0.717, 1.165) is 10.9 Å². The van der Waals surface area contributed by atoms with Gasteiger partial charge in [0.15, 0.2) is 0 Å². The fourth-order valence-electron chi connectivity index (χ4n) is 1.76. The van der Waals surface area contributed by atoms with Crippen molar-refractivity contribution in [3.8, 4) is 0 Å². The van der Waals surface area contributed by atoms with Gasteiger partial charge in [-0.1, -0.05) is 22.0 Å². The second-order valence-corrected chi connectivity index (χ2v) is 4.97. The molecule has 0 radical (unpaired) electrons. The molecule has 0 bridgehead atoms. The summed E-state index contributed by atoms with van der Waals surface area (Å²) in [6.07, 6.45) is 0.952. The van der Waals surface area contributed by atoms with Crippen molar-refractivity contribution in [1.82, 2.24) is 5.32 Å². The molecule has 15 heavy (non-hydrogen) atoms. The van der Waals surface area contributed by atoms with Gasteiger partial charge in [0.2, 0.25) is 0 Å². The van der Waals surface area contributed by atoms with Crippen LogP contribution in [0.2, 0.25) is 0 Å². The highest BCUT2D eigenvalue weighted by Gasteiger charge is 2.13. The van der Waals surface area contributed by atoms with Gasteiger partial charge in [0.05, 0.1) is 0 Å². The van der Waals surface area contributed by atoms with Gasteiger partial charge in [-0.3, -0.25) is 0 Å². The highest BCUT2D eigenvalue weighted by Crippen LogP contribution is 2.24. The first-order valence-corrected chi connectivity index (χ1v) is 6.02. The lowest BCUT2D eigenvalue weighted by molar-refractivity contribution is 0.497. The molecule has 0 aromatic heterocycles. The Kier molecular flexibility index (Phi) is 4.77. The Morgan fingerprint density at radius 1 is 1.47 bits per heavy atom. The summed E-state index contributed by atoms with van der Waals surface area (Å²) in [7, 11) is 1.98. The fraction of sp³-hybridized carbons (Fsp3) is 0.500. The molecule has 1 rings (SSSR count). The zero-order valence-corrected chi connectivity index (χ0v) is 11.1. The zero-order chi connectivity index (χ0) is 11.4. The summed E-state index contributed by atoms with van der Waals surface area (Å²) in [6, 6.07) is 6.91. The van der Waals surface area contributed by atoms with Crippen LogP contribution in [-0.2, 0) is 0 Å². The molecule has 0 fully saturated rings. The highest BCUT2D eigenvalue weighted by molar-refractivity contribution is 9.10. The van der Waals surface area contributed by atoms with E-state index in [1.54, 1.807) is 0 Å².